The van der Waals surface area contributed by atoms with E-state index in [1.165, 1.54) is 4.94 Å². The first-order valence-corrected chi connectivity index (χ1v) is 1.65. The van der Waals surface area contributed by atoms with Crippen LogP contribution in [0.4, 0.5) is 40.4 Å². The summed E-state index contributed by atoms with van der Waals surface area (Å²) in [4.78, 5) is 9.55. The molecule has 0 heterocycles. The van der Waals surface area contributed by atoms with Gasteiger partial charge in [-0.3, -0.25) is 0 Å². The van der Waals surface area contributed by atoms with Gasteiger partial charge < -0.3 is 0 Å². The predicted molar refractivity (Wildman–Crippen MR) is 18.1 cm³/mol. The van der Waals surface area contributed by atoms with Gasteiger partial charge in [-0.2, -0.15) is 0 Å². The van der Waals surface area contributed by atoms with Gasteiger partial charge in [0.05, 0.1) is 0 Å². The summed E-state index contributed by atoms with van der Waals surface area (Å²) >= 11 is 0. The zero-order valence-corrected chi connectivity index (χ0v) is 4.84. The fraction of sp³-hybridized carbons (Fsp3) is 0.500. The van der Waals surface area contributed by atoms with Gasteiger partial charge in [-0.25, -0.2) is 4.79 Å². The molecule has 0 saturated carbocycles. The Bertz CT molecular complexity index is 93.7. The van der Waals surface area contributed by atoms with Crippen molar-refractivity contribution in [2.45, 2.75) is 6.36 Å². The molecule has 0 radical (unpaired) electrons. The standard InChI is InChI=1S/CF4O.CF2O.F2/c2-1(3,4)6-5;2-1(3)4;1-2. The molecule has 0 spiro atoms. The molecule has 0 aliphatic carbocycles. The Morgan fingerprint density at radius 1 is 1.08 bits per heavy atom. The molecule has 0 unspecified atom stereocenters. The molecule has 0 aromatic carbocycles. The van der Waals surface area contributed by atoms with Crippen molar-refractivity contribution in [1.29, 1.82) is 0 Å². The molecule has 0 N–H and O–H groups in total. The maximum Gasteiger partial charge on any atom is 0.553 e. The van der Waals surface area contributed by atoms with E-state index in [1.54, 1.807) is 0 Å². The van der Waals surface area contributed by atoms with E-state index in [1.807, 2.05) is 0 Å². The van der Waals surface area contributed by atoms with Gasteiger partial charge in [0.2, 0.25) is 0 Å². The van der Waals surface area contributed by atoms with Crippen LogP contribution in [-0.2, 0) is 4.94 Å². The van der Waals surface area contributed by atoms with Crippen molar-refractivity contribution in [3.63, 3.8) is 0 Å². The van der Waals surface area contributed by atoms with E-state index in [9.17, 15) is 26.5 Å². The Balaban J connectivity index is -0.000000118. The third-order valence-corrected chi connectivity index (χ3v) is 0.0875. The van der Waals surface area contributed by atoms with Crippen LogP contribution in [0.5, 0.6) is 0 Å². The highest BCUT2D eigenvalue weighted by Crippen LogP contribution is 2.15. The van der Waals surface area contributed by atoms with Crippen molar-refractivity contribution in [3.05, 3.63) is 0 Å². The predicted octanol–water partition coefficient (Wildman–Crippen LogP) is 3.29. The highest BCUT2D eigenvalue weighted by molar-refractivity contribution is 5.55. The molecular formula is C2F8O2. The first-order chi connectivity index (χ1) is 5.29. The average molecular weight is 208 g/mol. The summed E-state index contributed by atoms with van der Waals surface area (Å²) in [6.07, 6.45) is -7.96. The van der Waals surface area contributed by atoms with Gasteiger partial charge >= 0.3 is 12.7 Å². The van der Waals surface area contributed by atoms with Gasteiger partial charge in [0, 0.05) is 9.15 Å². The summed E-state index contributed by atoms with van der Waals surface area (Å²) in [5, 5.41) is 0. The third kappa shape index (κ3) is 138. The number of carbonyl (C=O) groups is 1. The van der Waals surface area contributed by atoms with Gasteiger partial charge in [-0.05, 0) is 4.53 Å². The smallest absolute Gasteiger partial charge is 0.219 e. The van der Waals surface area contributed by atoms with E-state index in [4.69, 9.17) is 13.9 Å². The molecule has 0 amide bonds. The molecule has 76 valence electrons. The Kier molecular flexibility index (Phi) is 14.5. The second kappa shape index (κ2) is 10.1. The first-order valence-electron chi connectivity index (χ1n) is 1.65. The number of rotatable bonds is 0. The molecule has 0 rings (SSSR count). The highest BCUT2D eigenvalue weighted by atomic mass is 20.0. The Morgan fingerprint density at radius 2 is 1.17 bits per heavy atom. The van der Waals surface area contributed by atoms with E-state index < -0.39 is 12.7 Å². The lowest BCUT2D eigenvalue weighted by atomic mass is 11.4. The van der Waals surface area contributed by atoms with Crippen molar-refractivity contribution >= 4 is 6.29 Å². The fourth-order valence-electron chi connectivity index (χ4n) is 0. The number of hydrogen-bond acceptors (Lipinski definition) is 2. The zero-order chi connectivity index (χ0) is 10.8. The second-order valence-electron chi connectivity index (χ2n) is 0.749. The number of hydrogen-bond donors (Lipinski definition) is 0. The summed E-state index contributed by atoms with van der Waals surface area (Å²) < 4.78 is 75.8. The lowest BCUT2D eigenvalue weighted by molar-refractivity contribution is -0.416. The minimum absolute atomic E-state index is 1.44. The van der Waals surface area contributed by atoms with Crippen molar-refractivity contribution in [2.75, 3.05) is 0 Å². The van der Waals surface area contributed by atoms with Gasteiger partial charge in [0.15, 0.2) is 0 Å². The fourth-order valence-corrected chi connectivity index (χ4v) is 0. The molecule has 0 atom stereocenters. The van der Waals surface area contributed by atoms with Crippen molar-refractivity contribution < 1.29 is 45.4 Å². The maximum atomic E-state index is 10.2. The van der Waals surface area contributed by atoms with Crippen molar-refractivity contribution in [2.24, 2.45) is 0 Å². The largest absolute Gasteiger partial charge is 0.553 e. The Hall–Kier alpha value is -0.930. The minimum Gasteiger partial charge on any atom is -0.219 e. The average Bonchev–Trinajstić information content (AvgIpc) is 1.90. The van der Waals surface area contributed by atoms with Gasteiger partial charge in [0.1, 0.15) is 0 Å². The molecule has 0 fully saturated rings. The third-order valence-electron chi connectivity index (χ3n) is 0.0875. The maximum absolute atomic E-state index is 10.2. The van der Waals surface area contributed by atoms with E-state index >= 15 is 0 Å². The van der Waals surface area contributed by atoms with Gasteiger partial charge in [0.25, 0.3) is 0 Å². The summed E-state index contributed by atoms with van der Waals surface area (Å²) in [5.41, 5.74) is 0. The molecule has 10 heteroatoms. The Labute approximate surface area is 59.5 Å². The zero-order valence-electron chi connectivity index (χ0n) is 4.84. The minimum atomic E-state index is -5.12. The van der Waals surface area contributed by atoms with Crippen LogP contribution in [-0.4, -0.2) is 12.7 Å². The van der Waals surface area contributed by atoms with Crippen LogP contribution in [0.3, 0.4) is 0 Å². The monoisotopic (exact) mass is 208 g/mol. The SMILES string of the molecule is FF.FOC(F)(F)F.O=C(F)F. The van der Waals surface area contributed by atoms with Crippen LogP contribution in [0.2, 0.25) is 0 Å². The van der Waals surface area contributed by atoms with Crippen LogP contribution < -0.4 is 0 Å². The van der Waals surface area contributed by atoms with Gasteiger partial charge in [-0.15, -0.1) is 22.0 Å². The topological polar surface area (TPSA) is 26.3 Å². The molecule has 0 aromatic rings. The van der Waals surface area contributed by atoms with Crippen LogP contribution in [0, 0.1) is 0 Å². The highest BCUT2D eigenvalue weighted by Gasteiger charge is 2.30. The first kappa shape index (κ1) is 17.2. The second-order valence-corrected chi connectivity index (χ2v) is 0.749. The van der Waals surface area contributed by atoms with E-state index in [2.05, 4.69) is 0 Å². The summed E-state index contributed by atoms with van der Waals surface area (Å²) in [5.74, 6) is 0. The van der Waals surface area contributed by atoms with Crippen LogP contribution in [0.15, 0.2) is 0 Å². The Morgan fingerprint density at radius 3 is 1.17 bits per heavy atom. The quantitative estimate of drug-likeness (QED) is 0.450. The molecule has 0 bridgehead atoms. The molecule has 12 heavy (non-hydrogen) atoms. The molecule has 0 aliphatic rings. The van der Waals surface area contributed by atoms with E-state index in [0.717, 1.165) is 0 Å². The molecule has 0 aliphatic heterocycles. The molecule has 2 nitrogen and oxygen atoms in total. The van der Waals surface area contributed by atoms with Crippen molar-refractivity contribution in [3.8, 4) is 0 Å². The van der Waals surface area contributed by atoms with E-state index in [0.29, 0.717) is 0 Å². The molecular weight excluding hydrogens is 208 g/mol. The lowest BCUT2D eigenvalue weighted by Gasteiger charge is -1.91. The summed E-state index contributed by atoms with van der Waals surface area (Å²) in [6, 6.07) is 0. The van der Waals surface area contributed by atoms with Crippen LogP contribution in [0.1, 0.15) is 0 Å². The van der Waals surface area contributed by atoms with Crippen LogP contribution in [0.25, 0.3) is 0 Å². The van der Waals surface area contributed by atoms with E-state index in [-0.39, 0.29) is 0 Å². The molecule has 0 aromatic heterocycles. The molecule has 0 saturated heterocycles. The summed E-state index contributed by atoms with van der Waals surface area (Å²) in [6.45, 7) is 0. The normalized spacial score (nSPS) is 8.67. The van der Waals surface area contributed by atoms with Crippen molar-refractivity contribution in [1.82, 2.24) is 0 Å². The van der Waals surface area contributed by atoms with Gasteiger partial charge in [-0.1, -0.05) is 4.94 Å². The van der Waals surface area contributed by atoms with Crippen LogP contribution >= 0.6 is 0 Å². The number of halogens is 8. The number of carbonyl (C=O) groups excluding carboxylic acids is 1. The number of alkyl halides is 3. The lowest BCUT2D eigenvalue weighted by Crippen LogP contribution is -2.05. The summed E-state index contributed by atoms with van der Waals surface area (Å²) in [7, 11) is 0.